The van der Waals surface area contributed by atoms with Crippen LogP contribution in [-0.4, -0.2) is 38.5 Å². The Bertz CT molecular complexity index is 947. The van der Waals surface area contributed by atoms with Gasteiger partial charge in [-0.15, -0.1) is 0 Å². The highest BCUT2D eigenvalue weighted by Crippen LogP contribution is 2.28. The van der Waals surface area contributed by atoms with Crippen molar-refractivity contribution in [3.05, 3.63) is 53.0 Å². The van der Waals surface area contributed by atoms with Crippen molar-refractivity contribution in [3.63, 3.8) is 0 Å². The second kappa shape index (κ2) is 6.33. The molecule has 3 aromatic rings. The molecule has 1 aliphatic rings. The molecule has 134 valence electrons. The predicted octanol–water partition coefficient (Wildman–Crippen LogP) is 2.16. The number of carbonyl (C=O) groups is 1. The Morgan fingerprint density at radius 3 is 2.92 bits per heavy atom. The van der Waals surface area contributed by atoms with Crippen molar-refractivity contribution >= 4 is 5.91 Å². The molecule has 0 radical (unpaired) electrons. The van der Waals surface area contributed by atoms with E-state index in [-0.39, 0.29) is 12.0 Å². The lowest BCUT2D eigenvalue weighted by Gasteiger charge is -2.11. The number of fused-ring (bicyclic) bond motifs is 1. The van der Waals surface area contributed by atoms with Crippen LogP contribution >= 0.6 is 0 Å². The van der Waals surface area contributed by atoms with E-state index >= 15 is 0 Å². The first kappa shape index (κ1) is 16.4. The lowest BCUT2D eigenvalue weighted by atomic mass is 10.1. The highest BCUT2D eigenvalue weighted by molar-refractivity contribution is 5.93. The lowest BCUT2D eigenvalue weighted by Crippen LogP contribution is -2.34. The normalized spacial score (nSPS) is 15.6. The number of hydrogen-bond donors (Lipinski definition) is 2. The number of para-hydroxylation sites is 1. The minimum atomic E-state index is -0.192. The molecule has 0 bridgehead atoms. The summed E-state index contributed by atoms with van der Waals surface area (Å²) in [5.74, 6) is 0.709. The third kappa shape index (κ3) is 2.85. The van der Waals surface area contributed by atoms with Gasteiger partial charge in [0.15, 0.2) is 0 Å². The van der Waals surface area contributed by atoms with Crippen LogP contribution in [0.15, 0.2) is 30.3 Å². The first-order valence-electron chi connectivity index (χ1n) is 8.61. The molecular weight excluding hydrogens is 330 g/mol. The molecular formula is C19H21N5O2. The van der Waals surface area contributed by atoms with Crippen molar-refractivity contribution in [1.82, 2.24) is 25.3 Å². The van der Waals surface area contributed by atoms with E-state index in [1.165, 1.54) is 5.56 Å². The number of benzene rings is 1. The molecule has 0 saturated heterocycles. The number of aromatic nitrogens is 4. The van der Waals surface area contributed by atoms with Crippen molar-refractivity contribution in [3.8, 4) is 17.0 Å². The van der Waals surface area contributed by atoms with E-state index in [2.05, 4.69) is 26.7 Å². The van der Waals surface area contributed by atoms with Crippen LogP contribution in [0.4, 0.5) is 0 Å². The summed E-state index contributed by atoms with van der Waals surface area (Å²) in [7, 11) is 1.89. The van der Waals surface area contributed by atoms with Gasteiger partial charge in [0.2, 0.25) is 0 Å². The highest BCUT2D eigenvalue weighted by atomic mass is 16.5. The molecule has 3 heterocycles. The number of carbonyl (C=O) groups excluding carboxylic acids is 1. The summed E-state index contributed by atoms with van der Waals surface area (Å²) in [6.07, 6.45) is 0.764. The molecule has 4 rings (SSSR count). The van der Waals surface area contributed by atoms with E-state index in [0.717, 1.165) is 34.8 Å². The number of nitrogens with one attached hydrogen (secondary N) is 2. The first-order valence-corrected chi connectivity index (χ1v) is 8.61. The second-order valence-electron chi connectivity index (χ2n) is 6.60. The van der Waals surface area contributed by atoms with E-state index in [1.54, 1.807) is 6.07 Å². The Balaban J connectivity index is 1.41. The van der Waals surface area contributed by atoms with Gasteiger partial charge in [0, 0.05) is 24.7 Å². The maximum Gasteiger partial charge on any atom is 0.269 e. The smallest absolute Gasteiger partial charge is 0.269 e. The number of aromatic amines is 1. The third-order valence-electron chi connectivity index (χ3n) is 4.79. The van der Waals surface area contributed by atoms with E-state index in [1.807, 2.05) is 43.8 Å². The van der Waals surface area contributed by atoms with Gasteiger partial charge < -0.3 is 10.1 Å². The van der Waals surface area contributed by atoms with Crippen molar-refractivity contribution in [1.29, 1.82) is 0 Å². The summed E-state index contributed by atoms with van der Waals surface area (Å²) < 4.78 is 7.66. The highest BCUT2D eigenvalue weighted by Gasteiger charge is 2.23. The third-order valence-corrected chi connectivity index (χ3v) is 4.79. The number of H-pyrrole nitrogens is 1. The fourth-order valence-corrected chi connectivity index (χ4v) is 3.38. The molecule has 0 spiro atoms. The van der Waals surface area contributed by atoms with Crippen LogP contribution in [0, 0.1) is 13.8 Å². The van der Waals surface area contributed by atoms with Crippen molar-refractivity contribution in [2.75, 3.05) is 6.54 Å². The first-order chi connectivity index (χ1) is 12.5. The van der Waals surface area contributed by atoms with Crippen molar-refractivity contribution in [2.24, 2.45) is 7.05 Å². The summed E-state index contributed by atoms with van der Waals surface area (Å²) in [5, 5.41) is 14.4. The Morgan fingerprint density at radius 1 is 1.38 bits per heavy atom. The Kier molecular flexibility index (Phi) is 3.99. The largest absolute Gasteiger partial charge is 0.488 e. The number of rotatable bonds is 4. The molecule has 1 aliphatic heterocycles. The minimum Gasteiger partial charge on any atom is -0.488 e. The second-order valence-corrected chi connectivity index (χ2v) is 6.60. The number of hydrogen-bond acceptors (Lipinski definition) is 4. The molecule has 26 heavy (non-hydrogen) atoms. The summed E-state index contributed by atoms with van der Waals surface area (Å²) in [5.41, 5.74) is 5.19. The van der Waals surface area contributed by atoms with Gasteiger partial charge in [-0.2, -0.15) is 10.2 Å². The topological polar surface area (TPSA) is 84.8 Å². The molecule has 7 heteroatoms. The monoisotopic (exact) mass is 351 g/mol. The van der Waals surface area contributed by atoms with Crippen LogP contribution in [0.25, 0.3) is 11.3 Å². The van der Waals surface area contributed by atoms with Gasteiger partial charge in [0.05, 0.1) is 17.9 Å². The van der Waals surface area contributed by atoms with Crippen molar-refractivity contribution < 1.29 is 9.53 Å². The Morgan fingerprint density at radius 2 is 2.19 bits per heavy atom. The minimum absolute atomic E-state index is 0.0402. The zero-order valence-electron chi connectivity index (χ0n) is 15.0. The number of ether oxygens (including phenoxy) is 1. The van der Waals surface area contributed by atoms with Gasteiger partial charge in [-0.1, -0.05) is 18.2 Å². The summed E-state index contributed by atoms with van der Waals surface area (Å²) >= 11 is 0. The molecule has 1 atom stereocenters. The summed E-state index contributed by atoms with van der Waals surface area (Å²) in [6.45, 7) is 4.37. The fraction of sp³-hybridized carbons (Fsp3) is 0.316. The Labute approximate surface area is 151 Å². The van der Waals surface area contributed by atoms with Crippen molar-refractivity contribution in [2.45, 2.75) is 26.4 Å². The average Bonchev–Trinajstić information content (AvgIpc) is 3.31. The van der Waals surface area contributed by atoms with Crippen LogP contribution in [-0.2, 0) is 13.5 Å². The molecule has 0 aliphatic carbocycles. The molecule has 1 aromatic carbocycles. The Hall–Kier alpha value is -3.09. The standard InChI is InChI=1S/C19H21N5O2/c1-11-18(12(2)24(3)23-11)15-9-16(22-21-15)19(25)20-10-14-8-13-6-4-5-7-17(13)26-14/h4-7,9,14H,8,10H2,1-3H3,(H,20,25)(H,21,22). The summed E-state index contributed by atoms with van der Waals surface area (Å²) in [6, 6.07) is 9.72. The van der Waals surface area contributed by atoms with E-state index < -0.39 is 0 Å². The molecule has 0 saturated carbocycles. The van der Waals surface area contributed by atoms with E-state index in [9.17, 15) is 4.79 Å². The molecule has 0 fully saturated rings. The zero-order chi connectivity index (χ0) is 18.3. The molecule has 1 amide bonds. The zero-order valence-corrected chi connectivity index (χ0v) is 15.0. The van der Waals surface area contributed by atoms with Gasteiger partial charge in [-0.3, -0.25) is 14.6 Å². The van der Waals surface area contributed by atoms with E-state index in [4.69, 9.17) is 4.74 Å². The molecule has 2 aromatic heterocycles. The number of nitrogens with zero attached hydrogens (tertiary/aromatic N) is 3. The van der Waals surface area contributed by atoms with Gasteiger partial charge >= 0.3 is 0 Å². The van der Waals surface area contributed by atoms with Crippen LogP contribution < -0.4 is 10.1 Å². The average molecular weight is 351 g/mol. The SMILES string of the molecule is Cc1nn(C)c(C)c1-c1cc(C(=O)NCC2Cc3ccccc3O2)[nH]n1. The van der Waals surface area contributed by atoms with Crippen LogP contribution in [0.1, 0.15) is 27.4 Å². The maximum atomic E-state index is 12.4. The summed E-state index contributed by atoms with van der Waals surface area (Å²) in [4.78, 5) is 12.4. The van der Waals surface area contributed by atoms with Gasteiger partial charge in [-0.25, -0.2) is 0 Å². The van der Waals surface area contributed by atoms with Gasteiger partial charge in [0.25, 0.3) is 5.91 Å². The van der Waals surface area contributed by atoms with Gasteiger partial charge in [0.1, 0.15) is 17.5 Å². The van der Waals surface area contributed by atoms with Crippen LogP contribution in [0.3, 0.4) is 0 Å². The molecule has 2 N–H and O–H groups in total. The van der Waals surface area contributed by atoms with Crippen LogP contribution in [0.2, 0.25) is 0 Å². The maximum absolute atomic E-state index is 12.4. The fourth-order valence-electron chi connectivity index (χ4n) is 3.38. The van der Waals surface area contributed by atoms with Gasteiger partial charge in [-0.05, 0) is 31.5 Å². The molecule has 7 nitrogen and oxygen atoms in total. The number of amides is 1. The van der Waals surface area contributed by atoms with Crippen LogP contribution in [0.5, 0.6) is 5.75 Å². The lowest BCUT2D eigenvalue weighted by molar-refractivity contribution is 0.0928. The van der Waals surface area contributed by atoms with E-state index in [0.29, 0.717) is 12.2 Å². The molecule has 1 unspecified atom stereocenters. The quantitative estimate of drug-likeness (QED) is 0.754. The number of aryl methyl sites for hydroxylation is 2. The predicted molar refractivity (Wildman–Crippen MR) is 97.2 cm³/mol.